The van der Waals surface area contributed by atoms with E-state index in [2.05, 4.69) is 66.4 Å². The van der Waals surface area contributed by atoms with Crippen LogP contribution in [-0.2, 0) is 9.53 Å². The van der Waals surface area contributed by atoms with Crippen LogP contribution in [-0.4, -0.2) is 26.1 Å². The molecule has 0 N–H and O–H groups in total. The van der Waals surface area contributed by atoms with Gasteiger partial charge in [-0.2, -0.15) is 0 Å². The Kier molecular flexibility index (Phi) is 8.10. The van der Waals surface area contributed by atoms with Crippen LogP contribution in [0, 0.1) is 11.3 Å². The maximum atomic E-state index is 10.9. The van der Waals surface area contributed by atoms with E-state index in [4.69, 9.17) is 4.74 Å². The summed E-state index contributed by atoms with van der Waals surface area (Å²) in [6.45, 7) is 20.4. The summed E-state index contributed by atoms with van der Waals surface area (Å²) in [5.74, 6) is 0.566. The van der Waals surface area contributed by atoms with Gasteiger partial charge < -0.3 is 4.74 Å². The first-order valence-electron chi connectivity index (χ1n) is 10.2. The third-order valence-electron chi connectivity index (χ3n) is 5.45. The molecular weight excluding hydrogens is 336 g/mol. The molecular formula is C23H42O2Si. The summed E-state index contributed by atoms with van der Waals surface area (Å²) in [7, 11) is -1.09. The summed E-state index contributed by atoms with van der Waals surface area (Å²) in [6, 6.07) is 1.27. The zero-order valence-electron chi connectivity index (χ0n) is 18.7. The Morgan fingerprint density at radius 2 is 1.81 bits per heavy atom. The lowest BCUT2D eigenvalue weighted by Gasteiger charge is -2.39. The van der Waals surface area contributed by atoms with Crippen LogP contribution in [0.5, 0.6) is 0 Å². The first-order chi connectivity index (χ1) is 11.8. The van der Waals surface area contributed by atoms with E-state index in [1.807, 2.05) is 6.92 Å². The zero-order chi connectivity index (χ0) is 20.2. The van der Waals surface area contributed by atoms with Crippen molar-refractivity contribution in [2.75, 3.05) is 0 Å². The van der Waals surface area contributed by atoms with E-state index in [0.29, 0.717) is 5.92 Å². The molecule has 0 aromatic rings. The van der Waals surface area contributed by atoms with Crippen LogP contribution in [0.2, 0.25) is 25.7 Å². The highest BCUT2D eigenvalue weighted by molar-refractivity contribution is 6.76. The van der Waals surface area contributed by atoms with Gasteiger partial charge in [-0.1, -0.05) is 44.3 Å². The molecule has 1 fully saturated rings. The minimum absolute atomic E-state index is 0.119. The Morgan fingerprint density at radius 1 is 1.19 bits per heavy atom. The Balaban J connectivity index is 3.03. The molecule has 0 spiro atoms. The minimum atomic E-state index is -1.09. The summed E-state index contributed by atoms with van der Waals surface area (Å²) in [5, 5.41) is 0. The molecule has 26 heavy (non-hydrogen) atoms. The molecule has 0 amide bonds. The van der Waals surface area contributed by atoms with E-state index in [9.17, 15) is 4.79 Å². The first-order valence-corrected chi connectivity index (χ1v) is 13.9. The molecule has 1 rings (SSSR count). The number of hydrogen-bond donors (Lipinski definition) is 0. The number of allylic oxidation sites excluding steroid dienone is 4. The Bertz CT molecular complexity index is 533. The van der Waals surface area contributed by atoms with Crippen molar-refractivity contribution < 1.29 is 9.53 Å². The van der Waals surface area contributed by atoms with Crippen molar-refractivity contribution in [1.29, 1.82) is 0 Å². The van der Waals surface area contributed by atoms with Crippen LogP contribution in [0.4, 0.5) is 0 Å². The number of carbonyl (C=O) groups excluding carboxylic acids is 1. The summed E-state index contributed by atoms with van der Waals surface area (Å²) in [4.78, 5) is 10.9. The summed E-state index contributed by atoms with van der Waals surface area (Å²) < 4.78 is 6.50. The summed E-state index contributed by atoms with van der Waals surface area (Å²) in [6.07, 6.45) is 10.2. The van der Waals surface area contributed by atoms with E-state index in [1.165, 1.54) is 12.5 Å². The highest BCUT2D eigenvalue weighted by Gasteiger charge is 2.47. The molecule has 0 aromatic carbocycles. The molecule has 0 aromatic heterocycles. The highest BCUT2D eigenvalue weighted by atomic mass is 28.3. The fourth-order valence-electron chi connectivity index (χ4n) is 4.37. The number of rotatable bonds is 8. The van der Waals surface area contributed by atoms with Crippen molar-refractivity contribution in [3.8, 4) is 0 Å². The molecule has 0 unspecified atom stereocenters. The zero-order valence-corrected chi connectivity index (χ0v) is 19.7. The molecule has 150 valence electrons. The van der Waals surface area contributed by atoms with Crippen LogP contribution < -0.4 is 0 Å². The largest absolute Gasteiger partial charge is 0.372 e. The van der Waals surface area contributed by atoms with Gasteiger partial charge in [0.25, 0.3) is 0 Å². The van der Waals surface area contributed by atoms with E-state index in [-0.39, 0.29) is 17.1 Å². The van der Waals surface area contributed by atoms with E-state index >= 15 is 0 Å². The van der Waals surface area contributed by atoms with Gasteiger partial charge in [0.1, 0.15) is 6.29 Å². The average Bonchev–Trinajstić information content (AvgIpc) is 2.72. The summed E-state index contributed by atoms with van der Waals surface area (Å²) >= 11 is 0. The van der Waals surface area contributed by atoms with Crippen molar-refractivity contribution in [2.24, 2.45) is 11.3 Å². The molecule has 0 radical (unpaired) electrons. The fourth-order valence-corrected chi connectivity index (χ4v) is 6.16. The Hall–Kier alpha value is -0.673. The normalized spacial score (nSPS) is 28.5. The quantitative estimate of drug-likeness (QED) is 0.201. The predicted molar refractivity (Wildman–Crippen MR) is 116 cm³/mol. The number of carbonyl (C=O) groups is 1. The lowest BCUT2D eigenvalue weighted by atomic mass is 9.73. The second-order valence-electron chi connectivity index (χ2n) is 10.8. The standard InChI is InChI=1S/C23H42O2Si/c1-18(16-24)11-10-14-23(6)20(15-19(2)17-26(7,8)9)12-13-21(23)25-22(3,4)5/h11,15-16,20-21H,10,12-14,17H2,1-9H3/b18-11+,19-15+/t20-,21+,23+/m1/s1. The van der Waals surface area contributed by atoms with Crippen LogP contribution in [0.1, 0.15) is 67.2 Å². The van der Waals surface area contributed by atoms with Gasteiger partial charge in [-0.25, -0.2) is 0 Å². The number of aldehydes is 1. The molecule has 0 saturated heterocycles. The second-order valence-corrected chi connectivity index (χ2v) is 16.2. The van der Waals surface area contributed by atoms with Gasteiger partial charge >= 0.3 is 0 Å². The third kappa shape index (κ3) is 7.52. The van der Waals surface area contributed by atoms with Gasteiger partial charge in [-0.05, 0) is 77.8 Å². The SMILES string of the molecule is C/C(C=O)=C\CC[C@]1(C)[C@@H](OC(C)(C)C)CC[C@@H]1/C=C(\C)C[Si](C)(C)C. The van der Waals surface area contributed by atoms with Crippen LogP contribution in [0.3, 0.4) is 0 Å². The number of ether oxygens (including phenoxy) is 1. The fraction of sp³-hybridized carbons (Fsp3) is 0.783. The van der Waals surface area contributed by atoms with Gasteiger partial charge in [-0.15, -0.1) is 0 Å². The maximum absolute atomic E-state index is 10.9. The summed E-state index contributed by atoms with van der Waals surface area (Å²) in [5.41, 5.74) is 2.40. The van der Waals surface area contributed by atoms with Crippen LogP contribution in [0.25, 0.3) is 0 Å². The average molecular weight is 379 g/mol. The molecule has 0 heterocycles. The van der Waals surface area contributed by atoms with Crippen molar-refractivity contribution in [3.05, 3.63) is 23.3 Å². The van der Waals surface area contributed by atoms with Gasteiger partial charge in [0, 0.05) is 13.5 Å². The van der Waals surface area contributed by atoms with Crippen molar-refractivity contribution >= 4 is 14.4 Å². The third-order valence-corrected chi connectivity index (χ3v) is 7.07. The van der Waals surface area contributed by atoms with Gasteiger partial charge in [0.05, 0.1) is 11.7 Å². The molecule has 1 aliphatic rings. The van der Waals surface area contributed by atoms with E-state index < -0.39 is 8.07 Å². The first kappa shape index (κ1) is 23.4. The molecule has 3 atom stereocenters. The van der Waals surface area contributed by atoms with Crippen molar-refractivity contribution in [1.82, 2.24) is 0 Å². The van der Waals surface area contributed by atoms with Gasteiger partial charge in [0.15, 0.2) is 0 Å². The van der Waals surface area contributed by atoms with Crippen molar-refractivity contribution in [3.63, 3.8) is 0 Å². The minimum Gasteiger partial charge on any atom is -0.372 e. The molecule has 0 aliphatic heterocycles. The lowest BCUT2D eigenvalue weighted by Crippen LogP contribution is -2.39. The highest BCUT2D eigenvalue weighted by Crippen LogP contribution is 2.50. The monoisotopic (exact) mass is 378 g/mol. The molecule has 3 heteroatoms. The van der Waals surface area contributed by atoms with E-state index in [0.717, 1.165) is 31.1 Å². The molecule has 1 aliphatic carbocycles. The Labute approximate surface area is 163 Å². The van der Waals surface area contributed by atoms with E-state index in [1.54, 1.807) is 5.57 Å². The molecule has 2 nitrogen and oxygen atoms in total. The topological polar surface area (TPSA) is 26.3 Å². The van der Waals surface area contributed by atoms with Gasteiger partial charge in [-0.3, -0.25) is 4.79 Å². The molecule has 0 bridgehead atoms. The second kappa shape index (κ2) is 9.01. The smallest absolute Gasteiger partial charge is 0.145 e. The maximum Gasteiger partial charge on any atom is 0.145 e. The molecule has 1 saturated carbocycles. The number of hydrogen-bond acceptors (Lipinski definition) is 2. The lowest BCUT2D eigenvalue weighted by molar-refractivity contribution is -0.107. The van der Waals surface area contributed by atoms with Gasteiger partial charge in [0.2, 0.25) is 0 Å². The van der Waals surface area contributed by atoms with Crippen LogP contribution in [0.15, 0.2) is 23.3 Å². The van der Waals surface area contributed by atoms with Crippen LogP contribution >= 0.6 is 0 Å². The Morgan fingerprint density at radius 3 is 2.31 bits per heavy atom. The predicted octanol–water partition coefficient (Wildman–Crippen LogP) is 6.80. The van der Waals surface area contributed by atoms with Crippen molar-refractivity contribution in [2.45, 2.75) is 105 Å².